The molecule has 10 heteroatoms. The van der Waals surface area contributed by atoms with Gasteiger partial charge in [-0.05, 0) is 19.9 Å². The molecule has 1 fully saturated rings. The smallest absolute Gasteiger partial charge is 0.475 e. The number of aliphatic carboxylic acids is 1. The summed E-state index contributed by atoms with van der Waals surface area (Å²) in [5.41, 5.74) is 0.815. The zero-order valence-electron chi connectivity index (χ0n) is 11.0. The van der Waals surface area contributed by atoms with Crippen LogP contribution in [0.15, 0.2) is 6.20 Å². The minimum absolute atomic E-state index is 0.440. The van der Waals surface area contributed by atoms with E-state index >= 15 is 0 Å². The van der Waals surface area contributed by atoms with Crippen molar-refractivity contribution in [1.29, 1.82) is 0 Å². The maximum absolute atomic E-state index is 10.6. The molecule has 1 aromatic rings. The second kappa shape index (κ2) is 7.41. The van der Waals surface area contributed by atoms with Gasteiger partial charge in [-0.25, -0.2) is 14.8 Å². The number of carboxylic acids is 1. The number of halogens is 4. The first-order chi connectivity index (χ1) is 9.70. The third-order valence-electron chi connectivity index (χ3n) is 2.56. The summed E-state index contributed by atoms with van der Waals surface area (Å²) < 4.78 is 31.7. The normalized spacial score (nSPS) is 17.9. The maximum Gasteiger partial charge on any atom is 0.490 e. The molecule has 0 aromatic carbocycles. The van der Waals surface area contributed by atoms with Gasteiger partial charge in [0.25, 0.3) is 0 Å². The van der Waals surface area contributed by atoms with Crippen molar-refractivity contribution in [1.82, 2.24) is 15.3 Å². The number of alkyl halides is 3. The highest BCUT2D eigenvalue weighted by Crippen LogP contribution is 2.14. The predicted octanol–water partition coefficient (Wildman–Crippen LogP) is 1.85. The van der Waals surface area contributed by atoms with E-state index in [1.54, 1.807) is 6.20 Å². The molecule has 0 spiro atoms. The van der Waals surface area contributed by atoms with Gasteiger partial charge in [-0.2, -0.15) is 13.2 Å². The van der Waals surface area contributed by atoms with Gasteiger partial charge in [-0.3, -0.25) is 0 Å². The first-order valence-corrected chi connectivity index (χ1v) is 6.34. The third kappa shape index (κ3) is 6.13. The van der Waals surface area contributed by atoms with Gasteiger partial charge in [0.1, 0.15) is 0 Å². The Morgan fingerprint density at radius 2 is 2.19 bits per heavy atom. The molecule has 6 nitrogen and oxygen atoms in total. The molecule has 1 aromatic heterocycles. The molecule has 21 heavy (non-hydrogen) atoms. The van der Waals surface area contributed by atoms with Crippen molar-refractivity contribution in [2.75, 3.05) is 18.4 Å². The lowest BCUT2D eigenvalue weighted by atomic mass is 10.3. The lowest BCUT2D eigenvalue weighted by Crippen LogP contribution is -2.23. The number of carboxylic acid groups (broad SMARTS) is 1. The molecule has 3 N–H and O–H groups in total. The van der Waals surface area contributed by atoms with Crippen LogP contribution in [0, 0.1) is 6.92 Å². The van der Waals surface area contributed by atoms with Gasteiger partial charge in [0.15, 0.2) is 0 Å². The number of carbonyl (C=O) groups is 1. The molecule has 1 aliphatic heterocycles. The van der Waals surface area contributed by atoms with Crippen LogP contribution in [0.3, 0.4) is 0 Å². The van der Waals surface area contributed by atoms with E-state index in [1.807, 2.05) is 6.92 Å². The molecular weight excluding hydrogens is 313 g/mol. The Morgan fingerprint density at radius 3 is 2.62 bits per heavy atom. The SMILES string of the molecule is Cc1nc(N[C@@H]2CCNC2)ncc1Cl.O=C(O)C(F)(F)F. The fraction of sp³-hybridized carbons (Fsp3) is 0.545. The summed E-state index contributed by atoms with van der Waals surface area (Å²) in [5.74, 6) is -2.09. The number of nitrogens with one attached hydrogen (secondary N) is 2. The summed E-state index contributed by atoms with van der Waals surface area (Å²) in [7, 11) is 0. The van der Waals surface area contributed by atoms with Gasteiger partial charge in [-0.15, -0.1) is 0 Å². The predicted molar refractivity (Wildman–Crippen MR) is 70.4 cm³/mol. The molecule has 0 radical (unpaired) electrons. The summed E-state index contributed by atoms with van der Waals surface area (Å²) in [5, 5.41) is 14.3. The highest BCUT2D eigenvalue weighted by molar-refractivity contribution is 6.31. The molecule has 2 rings (SSSR count). The molecule has 0 amide bonds. The first-order valence-electron chi connectivity index (χ1n) is 5.96. The molecule has 0 bridgehead atoms. The van der Waals surface area contributed by atoms with Gasteiger partial charge >= 0.3 is 12.1 Å². The van der Waals surface area contributed by atoms with E-state index in [0.717, 1.165) is 25.2 Å². The van der Waals surface area contributed by atoms with E-state index in [9.17, 15) is 13.2 Å². The molecule has 1 aliphatic rings. The molecule has 118 valence electrons. The Kier molecular flexibility index (Phi) is 6.16. The number of hydrogen-bond acceptors (Lipinski definition) is 5. The van der Waals surface area contributed by atoms with Crippen LogP contribution in [-0.4, -0.2) is 46.4 Å². The highest BCUT2D eigenvalue weighted by Gasteiger charge is 2.38. The second-order valence-corrected chi connectivity index (χ2v) is 4.67. The second-order valence-electron chi connectivity index (χ2n) is 4.26. The van der Waals surface area contributed by atoms with E-state index in [-0.39, 0.29) is 0 Å². The average molecular weight is 327 g/mol. The number of aromatic nitrogens is 2. The first kappa shape index (κ1) is 17.4. The van der Waals surface area contributed by atoms with Crippen molar-refractivity contribution < 1.29 is 23.1 Å². The number of nitrogens with zero attached hydrogens (tertiary/aromatic N) is 2. The number of rotatable bonds is 2. The number of aryl methyl sites for hydroxylation is 1. The van der Waals surface area contributed by atoms with Crippen LogP contribution in [0.5, 0.6) is 0 Å². The van der Waals surface area contributed by atoms with E-state index in [0.29, 0.717) is 17.0 Å². The Morgan fingerprint density at radius 1 is 1.57 bits per heavy atom. The fourth-order valence-corrected chi connectivity index (χ4v) is 1.57. The zero-order valence-corrected chi connectivity index (χ0v) is 11.8. The largest absolute Gasteiger partial charge is 0.490 e. The van der Waals surface area contributed by atoms with Gasteiger partial charge in [0.2, 0.25) is 5.95 Å². The van der Waals surface area contributed by atoms with Crippen molar-refractivity contribution >= 4 is 23.5 Å². The number of anilines is 1. The lowest BCUT2D eigenvalue weighted by molar-refractivity contribution is -0.192. The van der Waals surface area contributed by atoms with Crippen LogP contribution in [0.2, 0.25) is 5.02 Å². The molecule has 2 heterocycles. The number of hydrogen-bond donors (Lipinski definition) is 3. The van der Waals surface area contributed by atoms with E-state index in [2.05, 4.69) is 20.6 Å². The van der Waals surface area contributed by atoms with Crippen molar-refractivity contribution in [2.45, 2.75) is 25.6 Å². The van der Waals surface area contributed by atoms with E-state index in [1.165, 1.54) is 0 Å². The standard InChI is InChI=1S/C9H13ClN4.C2HF3O2/c1-6-8(10)5-12-9(13-6)14-7-2-3-11-4-7;3-2(4,5)1(6)7/h5,7,11H,2-4H2,1H3,(H,12,13,14);(H,6,7)/t7-;/m1./s1. The molecular formula is C11H14ClF3N4O2. The zero-order chi connectivity index (χ0) is 16.0. The average Bonchev–Trinajstić information content (AvgIpc) is 2.86. The topological polar surface area (TPSA) is 87.1 Å². The van der Waals surface area contributed by atoms with Gasteiger partial charge in [0, 0.05) is 12.6 Å². The van der Waals surface area contributed by atoms with Crippen LogP contribution in [0.1, 0.15) is 12.1 Å². The summed E-state index contributed by atoms with van der Waals surface area (Å²) in [4.78, 5) is 17.3. The van der Waals surface area contributed by atoms with E-state index in [4.69, 9.17) is 21.5 Å². The lowest BCUT2D eigenvalue weighted by Gasteiger charge is -2.11. The van der Waals surface area contributed by atoms with E-state index < -0.39 is 12.1 Å². The Labute approximate surface area is 123 Å². The van der Waals surface area contributed by atoms with Crippen molar-refractivity contribution in [3.8, 4) is 0 Å². The van der Waals surface area contributed by atoms with Gasteiger partial charge in [-0.1, -0.05) is 11.6 Å². The molecule has 0 saturated carbocycles. The van der Waals surface area contributed by atoms with Crippen LogP contribution < -0.4 is 10.6 Å². The quantitative estimate of drug-likeness (QED) is 0.769. The van der Waals surface area contributed by atoms with Crippen molar-refractivity contribution in [3.63, 3.8) is 0 Å². The molecule has 1 saturated heterocycles. The molecule has 0 unspecified atom stereocenters. The minimum Gasteiger partial charge on any atom is -0.475 e. The van der Waals surface area contributed by atoms with Crippen molar-refractivity contribution in [2.24, 2.45) is 0 Å². The highest BCUT2D eigenvalue weighted by atomic mass is 35.5. The Hall–Kier alpha value is -1.61. The Balaban J connectivity index is 0.000000270. The molecule has 1 atom stereocenters. The minimum atomic E-state index is -5.08. The summed E-state index contributed by atoms with van der Waals surface area (Å²) in [6.07, 6.45) is -2.33. The molecule has 0 aliphatic carbocycles. The fourth-order valence-electron chi connectivity index (χ4n) is 1.48. The Bertz CT molecular complexity index is 493. The van der Waals surface area contributed by atoms with Crippen LogP contribution in [0.4, 0.5) is 19.1 Å². The van der Waals surface area contributed by atoms with Gasteiger partial charge in [0.05, 0.1) is 16.9 Å². The summed E-state index contributed by atoms with van der Waals surface area (Å²) in [6, 6.07) is 0.440. The van der Waals surface area contributed by atoms with Crippen LogP contribution in [0.25, 0.3) is 0 Å². The summed E-state index contributed by atoms with van der Waals surface area (Å²) >= 11 is 5.83. The van der Waals surface area contributed by atoms with Crippen molar-refractivity contribution in [3.05, 3.63) is 16.9 Å². The summed E-state index contributed by atoms with van der Waals surface area (Å²) in [6.45, 7) is 3.91. The maximum atomic E-state index is 10.6. The van der Waals surface area contributed by atoms with Crippen LogP contribution >= 0.6 is 11.6 Å². The van der Waals surface area contributed by atoms with Crippen LogP contribution in [-0.2, 0) is 4.79 Å². The third-order valence-corrected chi connectivity index (χ3v) is 2.93. The van der Waals surface area contributed by atoms with Gasteiger partial charge < -0.3 is 15.7 Å². The monoisotopic (exact) mass is 326 g/mol.